The van der Waals surface area contributed by atoms with Gasteiger partial charge in [-0.05, 0) is 19.1 Å². The third-order valence-corrected chi connectivity index (χ3v) is 2.88. The number of aromatic hydroxyl groups is 1. The summed E-state index contributed by atoms with van der Waals surface area (Å²) < 4.78 is 0. The van der Waals surface area contributed by atoms with Crippen LogP contribution >= 0.6 is 11.6 Å². The molecule has 5 nitrogen and oxygen atoms in total. The van der Waals surface area contributed by atoms with Crippen LogP contribution < -0.4 is 5.32 Å². The molecule has 0 saturated heterocycles. The number of hydrogen-bond donors (Lipinski definition) is 3. The number of aromatic nitrogens is 3. The van der Waals surface area contributed by atoms with Crippen molar-refractivity contribution in [3.05, 3.63) is 40.9 Å². The van der Waals surface area contributed by atoms with Crippen molar-refractivity contribution in [2.75, 3.05) is 0 Å². The molecular formula is C11H13ClN4O. The van der Waals surface area contributed by atoms with Crippen molar-refractivity contribution >= 4 is 11.6 Å². The number of phenols is 1. The summed E-state index contributed by atoms with van der Waals surface area (Å²) in [5.74, 6) is 0.936. The lowest BCUT2D eigenvalue weighted by molar-refractivity contribution is 0.458. The van der Waals surface area contributed by atoms with Gasteiger partial charge in [0.2, 0.25) is 0 Å². The van der Waals surface area contributed by atoms with Crippen molar-refractivity contribution in [2.45, 2.75) is 19.5 Å². The molecule has 0 spiro atoms. The molecule has 3 N–H and O–H groups in total. The molecule has 90 valence electrons. The van der Waals surface area contributed by atoms with E-state index in [4.69, 9.17) is 11.6 Å². The number of hydrogen-bond acceptors (Lipinski definition) is 4. The minimum atomic E-state index is 0.00757. The Morgan fingerprint density at radius 3 is 3.00 bits per heavy atom. The minimum Gasteiger partial charge on any atom is -0.508 e. The Bertz CT molecular complexity index is 466. The van der Waals surface area contributed by atoms with Crippen LogP contribution in [-0.2, 0) is 6.54 Å². The first kappa shape index (κ1) is 11.9. The first-order valence-corrected chi connectivity index (χ1v) is 5.61. The highest BCUT2D eigenvalue weighted by atomic mass is 35.5. The average molecular weight is 253 g/mol. The van der Waals surface area contributed by atoms with E-state index in [1.54, 1.807) is 18.2 Å². The lowest BCUT2D eigenvalue weighted by atomic mass is 10.2. The molecule has 0 saturated carbocycles. The largest absolute Gasteiger partial charge is 0.508 e. The topological polar surface area (TPSA) is 73.8 Å². The summed E-state index contributed by atoms with van der Waals surface area (Å²) in [6, 6.07) is 5.08. The van der Waals surface area contributed by atoms with Gasteiger partial charge in [0.05, 0.1) is 6.04 Å². The van der Waals surface area contributed by atoms with Gasteiger partial charge in [0.25, 0.3) is 0 Å². The summed E-state index contributed by atoms with van der Waals surface area (Å²) in [5.41, 5.74) is 0.681. The van der Waals surface area contributed by atoms with Gasteiger partial charge >= 0.3 is 0 Å². The Labute approximate surface area is 104 Å². The average Bonchev–Trinajstić information content (AvgIpc) is 2.81. The van der Waals surface area contributed by atoms with Gasteiger partial charge in [-0.3, -0.25) is 5.10 Å². The zero-order valence-electron chi connectivity index (χ0n) is 9.31. The fraction of sp³-hybridized carbons (Fsp3) is 0.273. The number of rotatable bonds is 4. The van der Waals surface area contributed by atoms with Gasteiger partial charge < -0.3 is 10.4 Å². The maximum Gasteiger partial charge on any atom is 0.141 e. The highest BCUT2D eigenvalue weighted by Gasteiger charge is 2.10. The van der Waals surface area contributed by atoms with Crippen molar-refractivity contribution in [1.82, 2.24) is 20.5 Å². The first-order chi connectivity index (χ1) is 8.18. The monoisotopic (exact) mass is 252 g/mol. The number of aromatic amines is 1. The molecule has 0 aliphatic rings. The van der Waals surface area contributed by atoms with Crippen LogP contribution in [0.2, 0.25) is 5.02 Å². The summed E-state index contributed by atoms with van der Waals surface area (Å²) >= 11 is 6.00. The van der Waals surface area contributed by atoms with Crippen LogP contribution in [0, 0.1) is 0 Å². The van der Waals surface area contributed by atoms with Crippen LogP contribution in [0.15, 0.2) is 24.5 Å². The van der Waals surface area contributed by atoms with Crippen LogP contribution in [-0.4, -0.2) is 20.3 Å². The third kappa shape index (κ3) is 2.75. The zero-order chi connectivity index (χ0) is 12.3. The lowest BCUT2D eigenvalue weighted by Gasteiger charge is -2.12. The summed E-state index contributed by atoms with van der Waals surface area (Å²) in [6.45, 7) is 2.42. The van der Waals surface area contributed by atoms with E-state index in [0.717, 1.165) is 5.82 Å². The second kappa shape index (κ2) is 5.16. The minimum absolute atomic E-state index is 0.00757. The van der Waals surface area contributed by atoms with E-state index in [9.17, 15) is 5.11 Å². The predicted octanol–water partition coefficient (Wildman–Crippen LogP) is 2.01. The molecule has 6 heteroatoms. The molecule has 2 aromatic rings. The van der Waals surface area contributed by atoms with Gasteiger partial charge in [-0.1, -0.05) is 17.7 Å². The fourth-order valence-electron chi connectivity index (χ4n) is 1.50. The van der Waals surface area contributed by atoms with E-state index in [0.29, 0.717) is 17.1 Å². The van der Waals surface area contributed by atoms with E-state index in [2.05, 4.69) is 20.5 Å². The summed E-state index contributed by atoms with van der Waals surface area (Å²) in [7, 11) is 0. The molecule has 0 radical (unpaired) electrons. The maximum atomic E-state index is 9.67. The van der Waals surface area contributed by atoms with Crippen LogP contribution in [0.5, 0.6) is 5.75 Å². The van der Waals surface area contributed by atoms with Gasteiger partial charge in [0.1, 0.15) is 17.9 Å². The first-order valence-electron chi connectivity index (χ1n) is 5.23. The normalized spacial score (nSPS) is 12.6. The molecule has 17 heavy (non-hydrogen) atoms. The highest BCUT2D eigenvalue weighted by molar-refractivity contribution is 6.31. The SMILES string of the molecule is CC(NCc1c(O)cccc1Cl)c1ncn[nH]1. The molecular weight excluding hydrogens is 240 g/mol. The van der Waals surface area contributed by atoms with Gasteiger partial charge in [0.15, 0.2) is 0 Å². The summed E-state index contributed by atoms with van der Waals surface area (Å²) in [4.78, 5) is 4.05. The van der Waals surface area contributed by atoms with Crippen molar-refractivity contribution in [1.29, 1.82) is 0 Å². The van der Waals surface area contributed by atoms with E-state index in [1.165, 1.54) is 6.33 Å². The Morgan fingerprint density at radius 2 is 2.35 bits per heavy atom. The number of benzene rings is 1. The van der Waals surface area contributed by atoms with Crippen LogP contribution in [0.3, 0.4) is 0 Å². The predicted molar refractivity (Wildman–Crippen MR) is 64.8 cm³/mol. The molecule has 0 aliphatic carbocycles. The van der Waals surface area contributed by atoms with Gasteiger partial charge in [0, 0.05) is 17.1 Å². The van der Waals surface area contributed by atoms with E-state index in [-0.39, 0.29) is 11.8 Å². The van der Waals surface area contributed by atoms with Crippen molar-refractivity contribution in [3.63, 3.8) is 0 Å². The molecule has 1 unspecified atom stereocenters. The van der Waals surface area contributed by atoms with Crippen molar-refractivity contribution < 1.29 is 5.11 Å². The van der Waals surface area contributed by atoms with Crippen molar-refractivity contribution in [3.8, 4) is 5.75 Å². The van der Waals surface area contributed by atoms with Gasteiger partial charge in [-0.15, -0.1) is 0 Å². The molecule has 1 heterocycles. The number of nitrogens with one attached hydrogen (secondary N) is 2. The quantitative estimate of drug-likeness (QED) is 0.778. The molecule has 1 aromatic heterocycles. The Morgan fingerprint density at radius 1 is 1.53 bits per heavy atom. The lowest BCUT2D eigenvalue weighted by Crippen LogP contribution is -2.19. The fourth-order valence-corrected chi connectivity index (χ4v) is 1.73. The molecule has 0 fully saturated rings. The van der Waals surface area contributed by atoms with Gasteiger partial charge in [-0.25, -0.2) is 4.98 Å². The van der Waals surface area contributed by atoms with Gasteiger partial charge in [-0.2, -0.15) is 5.10 Å². The van der Waals surface area contributed by atoms with Crippen LogP contribution in [0.25, 0.3) is 0 Å². The van der Waals surface area contributed by atoms with E-state index < -0.39 is 0 Å². The number of nitrogens with zero attached hydrogens (tertiary/aromatic N) is 2. The van der Waals surface area contributed by atoms with Crippen molar-refractivity contribution in [2.24, 2.45) is 0 Å². The summed E-state index contributed by atoms with van der Waals surface area (Å²) in [5, 5.41) is 20.0. The van der Waals surface area contributed by atoms with E-state index in [1.807, 2.05) is 6.92 Å². The second-order valence-electron chi connectivity index (χ2n) is 3.71. The summed E-state index contributed by atoms with van der Waals surface area (Å²) in [6.07, 6.45) is 1.46. The standard InChI is InChI=1S/C11H13ClN4O/c1-7(11-14-6-15-16-11)13-5-8-9(12)3-2-4-10(8)17/h2-4,6-7,13,17H,5H2,1H3,(H,14,15,16). The Hall–Kier alpha value is -1.59. The molecule has 0 bridgehead atoms. The van der Waals surface area contributed by atoms with Crippen LogP contribution in [0.4, 0.5) is 0 Å². The molecule has 1 atom stereocenters. The Balaban J connectivity index is 2.03. The second-order valence-corrected chi connectivity index (χ2v) is 4.12. The number of halogens is 1. The Kier molecular flexibility index (Phi) is 3.61. The number of H-pyrrole nitrogens is 1. The smallest absolute Gasteiger partial charge is 0.141 e. The maximum absolute atomic E-state index is 9.67. The zero-order valence-corrected chi connectivity index (χ0v) is 10.1. The third-order valence-electron chi connectivity index (χ3n) is 2.52. The molecule has 2 rings (SSSR count). The highest BCUT2D eigenvalue weighted by Crippen LogP contribution is 2.25. The molecule has 0 amide bonds. The number of phenolic OH excluding ortho intramolecular Hbond substituents is 1. The van der Waals surface area contributed by atoms with E-state index >= 15 is 0 Å². The molecule has 1 aromatic carbocycles. The molecule has 0 aliphatic heterocycles. The van der Waals surface area contributed by atoms with Crippen LogP contribution in [0.1, 0.15) is 24.4 Å².